The summed E-state index contributed by atoms with van der Waals surface area (Å²) in [5.41, 5.74) is -0.779. The molecular formula is C11H15FN2O2S. The number of carbonyl (C=O) groups is 1. The standard InChI is InChI=1S/C11H15FN2O2S/c1-11(16,7-17-2)6-14-10(15)8-3-4-13-9(12)5-8/h3-5,16H,6-7H2,1-2H3,(H,14,15). The number of aliphatic hydroxyl groups is 1. The molecule has 0 aliphatic heterocycles. The highest BCUT2D eigenvalue weighted by atomic mass is 32.2. The highest BCUT2D eigenvalue weighted by Gasteiger charge is 2.20. The number of thioether (sulfide) groups is 1. The quantitative estimate of drug-likeness (QED) is 0.775. The van der Waals surface area contributed by atoms with Crippen molar-refractivity contribution in [3.8, 4) is 0 Å². The van der Waals surface area contributed by atoms with Crippen molar-refractivity contribution in [2.24, 2.45) is 0 Å². The van der Waals surface area contributed by atoms with E-state index in [9.17, 15) is 14.3 Å². The van der Waals surface area contributed by atoms with Crippen molar-refractivity contribution in [3.05, 3.63) is 29.8 Å². The molecule has 4 nitrogen and oxygen atoms in total. The Balaban J connectivity index is 2.56. The van der Waals surface area contributed by atoms with Gasteiger partial charge in [0.1, 0.15) is 0 Å². The molecule has 1 amide bonds. The van der Waals surface area contributed by atoms with Gasteiger partial charge in [0, 0.05) is 30.1 Å². The van der Waals surface area contributed by atoms with Crippen molar-refractivity contribution in [3.63, 3.8) is 0 Å². The SMILES string of the molecule is CSCC(C)(O)CNC(=O)c1ccnc(F)c1. The van der Waals surface area contributed by atoms with Gasteiger partial charge in [-0.05, 0) is 19.2 Å². The van der Waals surface area contributed by atoms with Crippen molar-refractivity contribution < 1.29 is 14.3 Å². The van der Waals surface area contributed by atoms with E-state index >= 15 is 0 Å². The van der Waals surface area contributed by atoms with Gasteiger partial charge in [0.05, 0.1) is 5.60 Å². The number of nitrogens with zero attached hydrogens (tertiary/aromatic N) is 1. The minimum absolute atomic E-state index is 0.122. The monoisotopic (exact) mass is 258 g/mol. The van der Waals surface area contributed by atoms with E-state index in [1.807, 2.05) is 6.26 Å². The molecule has 6 heteroatoms. The molecular weight excluding hydrogens is 243 g/mol. The van der Waals surface area contributed by atoms with Gasteiger partial charge >= 0.3 is 0 Å². The number of hydrogen-bond donors (Lipinski definition) is 2. The predicted molar refractivity (Wildman–Crippen MR) is 65.5 cm³/mol. The van der Waals surface area contributed by atoms with Crippen LogP contribution in [-0.4, -0.2) is 40.2 Å². The van der Waals surface area contributed by atoms with E-state index in [4.69, 9.17) is 0 Å². The van der Waals surface area contributed by atoms with Crippen LogP contribution in [0.5, 0.6) is 0 Å². The molecule has 17 heavy (non-hydrogen) atoms. The third-order valence-electron chi connectivity index (χ3n) is 2.07. The van der Waals surface area contributed by atoms with Crippen LogP contribution in [0.1, 0.15) is 17.3 Å². The normalized spacial score (nSPS) is 14.1. The predicted octanol–water partition coefficient (Wildman–Crippen LogP) is 1.06. The van der Waals surface area contributed by atoms with Crippen molar-refractivity contribution in [1.29, 1.82) is 0 Å². The lowest BCUT2D eigenvalue weighted by atomic mass is 10.1. The van der Waals surface area contributed by atoms with Gasteiger partial charge in [-0.15, -0.1) is 0 Å². The summed E-state index contributed by atoms with van der Waals surface area (Å²) in [4.78, 5) is 15.0. The average molecular weight is 258 g/mol. The molecule has 0 fully saturated rings. The van der Waals surface area contributed by atoms with Crippen LogP contribution in [-0.2, 0) is 0 Å². The topological polar surface area (TPSA) is 62.2 Å². The van der Waals surface area contributed by atoms with E-state index in [-0.39, 0.29) is 12.1 Å². The van der Waals surface area contributed by atoms with Gasteiger partial charge in [-0.3, -0.25) is 4.79 Å². The maximum absolute atomic E-state index is 12.8. The molecule has 0 spiro atoms. The minimum atomic E-state index is -0.972. The lowest BCUT2D eigenvalue weighted by molar-refractivity contribution is 0.0725. The molecule has 2 N–H and O–H groups in total. The van der Waals surface area contributed by atoms with Gasteiger partial charge in [0.15, 0.2) is 0 Å². The van der Waals surface area contributed by atoms with E-state index < -0.39 is 17.5 Å². The molecule has 1 aromatic heterocycles. The van der Waals surface area contributed by atoms with Crippen molar-refractivity contribution in [2.75, 3.05) is 18.6 Å². The number of hydrogen-bond acceptors (Lipinski definition) is 4. The number of rotatable bonds is 5. The zero-order chi connectivity index (χ0) is 12.9. The summed E-state index contributed by atoms with van der Waals surface area (Å²) in [7, 11) is 0. The molecule has 0 aliphatic rings. The number of pyridine rings is 1. The Labute approximate surface area is 104 Å². The first-order valence-electron chi connectivity index (χ1n) is 5.06. The van der Waals surface area contributed by atoms with Gasteiger partial charge in [-0.25, -0.2) is 4.98 Å². The first-order valence-corrected chi connectivity index (χ1v) is 6.45. The van der Waals surface area contributed by atoms with Crippen LogP contribution in [0.4, 0.5) is 4.39 Å². The Bertz CT molecular complexity index is 399. The van der Waals surface area contributed by atoms with Gasteiger partial charge < -0.3 is 10.4 Å². The number of carbonyl (C=O) groups excluding carboxylic acids is 1. The van der Waals surface area contributed by atoms with Gasteiger partial charge in [-0.2, -0.15) is 16.2 Å². The highest BCUT2D eigenvalue weighted by molar-refractivity contribution is 7.98. The van der Waals surface area contributed by atoms with Crippen LogP contribution < -0.4 is 5.32 Å². The fourth-order valence-corrected chi connectivity index (χ4v) is 2.00. The molecule has 0 saturated heterocycles. The molecule has 1 heterocycles. The summed E-state index contributed by atoms with van der Waals surface area (Å²) in [6.45, 7) is 1.76. The van der Waals surface area contributed by atoms with Gasteiger partial charge in [-0.1, -0.05) is 0 Å². The maximum Gasteiger partial charge on any atom is 0.251 e. The van der Waals surface area contributed by atoms with Crippen LogP contribution in [0.15, 0.2) is 18.3 Å². The number of nitrogens with one attached hydrogen (secondary N) is 1. The molecule has 0 radical (unpaired) electrons. The van der Waals surface area contributed by atoms with Crippen LogP contribution >= 0.6 is 11.8 Å². The van der Waals surface area contributed by atoms with Gasteiger partial charge in [0.25, 0.3) is 5.91 Å². The zero-order valence-corrected chi connectivity index (χ0v) is 10.6. The molecule has 0 aliphatic carbocycles. The number of amides is 1. The Kier molecular flexibility index (Phi) is 4.89. The van der Waals surface area contributed by atoms with Crippen LogP contribution in [0.2, 0.25) is 0 Å². The Morgan fingerprint density at radius 3 is 3.00 bits per heavy atom. The van der Waals surface area contributed by atoms with Crippen LogP contribution in [0.25, 0.3) is 0 Å². The van der Waals surface area contributed by atoms with E-state index in [0.717, 1.165) is 6.07 Å². The van der Waals surface area contributed by atoms with Crippen molar-refractivity contribution in [1.82, 2.24) is 10.3 Å². The fraction of sp³-hybridized carbons (Fsp3) is 0.455. The molecule has 0 bridgehead atoms. The van der Waals surface area contributed by atoms with Crippen LogP contribution in [0.3, 0.4) is 0 Å². The summed E-state index contributed by atoms with van der Waals surface area (Å²) in [5.74, 6) is -0.612. The third kappa shape index (κ3) is 4.70. The maximum atomic E-state index is 12.8. The fourth-order valence-electron chi connectivity index (χ4n) is 1.28. The summed E-state index contributed by atoms with van der Waals surface area (Å²) >= 11 is 1.49. The third-order valence-corrected chi connectivity index (χ3v) is 2.98. The molecule has 0 aromatic carbocycles. The smallest absolute Gasteiger partial charge is 0.251 e. The summed E-state index contributed by atoms with van der Waals surface area (Å²) in [6, 6.07) is 2.47. The minimum Gasteiger partial charge on any atom is -0.387 e. The summed E-state index contributed by atoms with van der Waals surface area (Å²) in [5, 5.41) is 12.4. The van der Waals surface area contributed by atoms with E-state index in [1.165, 1.54) is 24.0 Å². The summed E-state index contributed by atoms with van der Waals surface area (Å²) in [6.07, 6.45) is 3.10. The molecule has 1 atom stereocenters. The second kappa shape index (κ2) is 5.97. The number of halogens is 1. The van der Waals surface area contributed by atoms with Gasteiger partial charge in [0.2, 0.25) is 5.95 Å². The molecule has 1 rings (SSSR count). The average Bonchev–Trinajstić information content (AvgIpc) is 2.26. The molecule has 1 unspecified atom stereocenters. The highest BCUT2D eigenvalue weighted by Crippen LogP contribution is 2.09. The lowest BCUT2D eigenvalue weighted by Crippen LogP contribution is -2.42. The second-order valence-electron chi connectivity index (χ2n) is 3.98. The number of aromatic nitrogens is 1. The first-order chi connectivity index (χ1) is 7.94. The Morgan fingerprint density at radius 1 is 1.71 bits per heavy atom. The molecule has 1 aromatic rings. The van der Waals surface area contributed by atoms with Crippen molar-refractivity contribution >= 4 is 17.7 Å². The lowest BCUT2D eigenvalue weighted by Gasteiger charge is -2.22. The largest absolute Gasteiger partial charge is 0.387 e. The van der Waals surface area contributed by atoms with E-state index in [2.05, 4.69) is 10.3 Å². The Morgan fingerprint density at radius 2 is 2.41 bits per heavy atom. The summed E-state index contributed by atoms with van der Waals surface area (Å²) < 4.78 is 12.8. The van der Waals surface area contributed by atoms with E-state index in [1.54, 1.807) is 6.92 Å². The first kappa shape index (κ1) is 13.9. The van der Waals surface area contributed by atoms with Crippen molar-refractivity contribution in [2.45, 2.75) is 12.5 Å². The molecule has 94 valence electrons. The van der Waals surface area contributed by atoms with Crippen LogP contribution in [0, 0.1) is 5.95 Å². The second-order valence-corrected chi connectivity index (χ2v) is 4.85. The zero-order valence-electron chi connectivity index (χ0n) is 9.74. The molecule has 0 saturated carbocycles. The Hall–Kier alpha value is -1.14. The van der Waals surface area contributed by atoms with E-state index in [0.29, 0.717) is 5.75 Å².